The summed E-state index contributed by atoms with van der Waals surface area (Å²) < 4.78 is 31.3. The van der Waals surface area contributed by atoms with E-state index in [0.29, 0.717) is 30.5 Å². The number of rotatable bonds is 8. The zero-order valence-corrected chi connectivity index (χ0v) is 21.7. The molecule has 0 spiro atoms. The average Bonchev–Trinajstić information content (AvgIpc) is 3.64. The number of nitrogens with one attached hydrogen (secondary N) is 1. The molecule has 2 fully saturated rings. The Morgan fingerprint density at radius 3 is 2.81 bits per heavy atom. The Morgan fingerprint density at radius 2 is 2.00 bits per heavy atom. The SMILES string of the molecule is O=C(CCCCN1CCC(F)CC1)c1ccc2c(c1)sc1nc(-c3c(F)cccc3[C@H]3CCCN3)cn12. The van der Waals surface area contributed by atoms with E-state index in [4.69, 9.17) is 4.98 Å². The van der Waals surface area contributed by atoms with Gasteiger partial charge in [-0.1, -0.05) is 23.5 Å². The Morgan fingerprint density at radius 1 is 1.14 bits per heavy atom. The number of fused-ring (bicyclic) bond motifs is 3. The summed E-state index contributed by atoms with van der Waals surface area (Å²) in [5.41, 5.74) is 3.88. The van der Waals surface area contributed by atoms with Crippen LogP contribution < -0.4 is 5.32 Å². The van der Waals surface area contributed by atoms with E-state index >= 15 is 0 Å². The van der Waals surface area contributed by atoms with E-state index < -0.39 is 6.17 Å². The highest BCUT2D eigenvalue weighted by Crippen LogP contribution is 2.36. The summed E-state index contributed by atoms with van der Waals surface area (Å²) in [6.07, 6.45) is 6.92. The number of Topliss-reactive ketones (excluding diaryl/α,β-unsaturated/α-hetero) is 1. The first-order chi connectivity index (χ1) is 18.1. The number of halogens is 2. The molecule has 2 aliphatic rings. The standard InChI is InChI=1S/C29H32F2N4OS/c30-20-11-15-34(16-12-20)14-2-1-8-26(36)19-9-10-25-27(17-19)37-29-33-24(18-35(25)29)28-21(5-3-6-22(28)31)23-7-4-13-32-23/h3,5-6,9-10,17-18,20,23,32H,1-2,4,7-8,11-16H2/t23-/m1/s1. The fraction of sp³-hybridized carbons (Fsp3) is 0.448. The highest BCUT2D eigenvalue weighted by molar-refractivity contribution is 7.23. The average molecular weight is 523 g/mol. The predicted molar refractivity (Wildman–Crippen MR) is 145 cm³/mol. The molecule has 4 heterocycles. The van der Waals surface area contributed by atoms with Crippen molar-refractivity contribution in [2.45, 2.75) is 57.2 Å². The van der Waals surface area contributed by atoms with Crippen LogP contribution in [-0.2, 0) is 0 Å². The topological polar surface area (TPSA) is 49.6 Å². The third-order valence-corrected chi connectivity index (χ3v) is 8.82. The van der Waals surface area contributed by atoms with E-state index in [2.05, 4.69) is 10.2 Å². The van der Waals surface area contributed by atoms with Crippen LogP contribution in [0.3, 0.4) is 0 Å². The number of unbranched alkanes of at least 4 members (excludes halogenated alkanes) is 1. The van der Waals surface area contributed by atoms with Crippen molar-refractivity contribution in [1.29, 1.82) is 0 Å². The number of nitrogens with zero attached hydrogens (tertiary/aromatic N) is 3. The first kappa shape index (κ1) is 24.6. The molecule has 1 atom stereocenters. The second kappa shape index (κ2) is 10.6. The third kappa shape index (κ3) is 5.07. The minimum Gasteiger partial charge on any atom is -0.310 e. The number of aromatic nitrogens is 2. The Hall–Kier alpha value is -2.68. The zero-order chi connectivity index (χ0) is 25.4. The molecule has 37 heavy (non-hydrogen) atoms. The van der Waals surface area contributed by atoms with E-state index in [9.17, 15) is 13.6 Å². The van der Waals surface area contributed by atoms with Crippen LogP contribution in [0.2, 0.25) is 0 Å². The normalized spacial score (nSPS) is 19.4. The lowest BCUT2D eigenvalue weighted by atomic mass is 9.97. The monoisotopic (exact) mass is 522 g/mol. The van der Waals surface area contributed by atoms with Gasteiger partial charge in [-0.25, -0.2) is 13.8 Å². The molecule has 0 saturated carbocycles. The Balaban J connectivity index is 1.16. The molecule has 1 N–H and O–H groups in total. The number of thiazole rings is 1. The minimum atomic E-state index is -0.648. The van der Waals surface area contributed by atoms with Gasteiger partial charge in [0.2, 0.25) is 0 Å². The largest absolute Gasteiger partial charge is 0.310 e. The van der Waals surface area contributed by atoms with Crippen molar-refractivity contribution in [3.8, 4) is 11.3 Å². The van der Waals surface area contributed by atoms with Crippen molar-refractivity contribution in [3.05, 3.63) is 59.5 Å². The molecular weight excluding hydrogens is 490 g/mol. The lowest BCUT2D eigenvalue weighted by molar-refractivity contribution is 0.0976. The molecule has 194 valence electrons. The van der Waals surface area contributed by atoms with E-state index in [1.807, 2.05) is 34.9 Å². The summed E-state index contributed by atoms with van der Waals surface area (Å²) >= 11 is 1.52. The molecule has 0 unspecified atom stereocenters. The van der Waals surface area contributed by atoms with Crippen molar-refractivity contribution in [2.24, 2.45) is 0 Å². The molecule has 2 aromatic carbocycles. The van der Waals surface area contributed by atoms with Crippen LogP contribution in [0, 0.1) is 5.82 Å². The number of carbonyl (C=O) groups is 1. The number of piperidine rings is 1. The number of ketones is 1. The van der Waals surface area contributed by atoms with E-state index in [0.717, 1.165) is 78.2 Å². The van der Waals surface area contributed by atoms with Crippen LogP contribution >= 0.6 is 11.3 Å². The van der Waals surface area contributed by atoms with Gasteiger partial charge in [-0.2, -0.15) is 0 Å². The van der Waals surface area contributed by atoms with E-state index in [1.54, 1.807) is 6.07 Å². The molecule has 0 radical (unpaired) electrons. The maximum absolute atomic E-state index is 15.0. The van der Waals surface area contributed by atoms with Crippen LogP contribution in [0.25, 0.3) is 26.4 Å². The van der Waals surface area contributed by atoms with Gasteiger partial charge in [0, 0.05) is 42.9 Å². The van der Waals surface area contributed by atoms with Gasteiger partial charge in [0.25, 0.3) is 0 Å². The Bertz CT molecular complexity index is 1420. The number of alkyl halides is 1. The van der Waals surface area contributed by atoms with Crippen molar-refractivity contribution < 1.29 is 13.6 Å². The molecule has 8 heteroatoms. The Labute approximate surface area is 219 Å². The summed E-state index contributed by atoms with van der Waals surface area (Å²) in [5, 5.41) is 3.47. The molecule has 2 aromatic heterocycles. The summed E-state index contributed by atoms with van der Waals surface area (Å²) in [6, 6.07) is 11.2. The summed E-state index contributed by atoms with van der Waals surface area (Å²) in [5.74, 6) is -0.0998. The molecule has 5 nitrogen and oxygen atoms in total. The summed E-state index contributed by atoms with van der Waals surface area (Å²) in [6.45, 7) is 3.53. The van der Waals surface area contributed by atoms with E-state index in [1.165, 1.54) is 17.4 Å². The second-order valence-electron chi connectivity index (χ2n) is 10.3. The first-order valence-electron chi connectivity index (χ1n) is 13.4. The van der Waals surface area contributed by atoms with Crippen LogP contribution in [0.5, 0.6) is 0 Å². The van der Waals surface area contributed by atoms with Crippen LogP contribution in [0.1, 0.15) is 66.9 Å². The van der Waals surface area contributed by atoms with Crippen molar-refractivity contribution in [2.75, 3.05) is 26.2 Å². The third-order valence-electron chi connectivity index (χ3n) is 7.80. The molecule has 6 rings (SSSR count). The number of benzene rings is 2. The maximum atomic E-state index is 15.0. The molecule has 4 aromatic rings. The number of carbonyl (C=O) groups excluding carboxylic acids is 1. The highest BCUT2D eigenvalue weighted by atomic mass is 32.1. The highest BCUT2D eigenvalue weighted by Gasteiger charge is 2.24. The van der Waals surface area contributed by atoms with Crippen LogP contribution in [-0.4, -0.2) is 52.4 Å². The molecule has 2 aliphatic heterocycles. The van der Waals surface area contributed by atoms with Crippen molar-refractivity contribution in [3.63, 3.8) is 0 Å². The van der Waals surface area contributed by atoms with Crippen molar-refractivity contribution >= 4 is 32.3 Å². The second-order valence-corrected chi connectivity index (χ2v) is 11.3. The maximum Gasteiger partial charge on any atom is 0.195 e. The van der Waals surface area contributed by atoms with Gasteiger partial charge in [-0.15, -0.1) is 0 Å². The predicted octanol–water partition coefficient (Wildman–Crippen LogP) is 6.57. The summed E-state index contributed by atoms with van der Waals surface area (Å²) in [4.78, 5) is 20.7. The minimum absolute atomic E-state index is 0.149. The number of hydrogen-bond acceptors (Lipinski definition) is 5. The lowest BCUT2D eigenvalue weighted by Crippen LogP contribution is -2.35. The van der Waals surface area contributed by atoms with Gasteiger partial charge in [0.1, 0.15) is 12.0 Å². The van der Waals surface area contributed by atoms with Gasteiger partial charge in [-0.3, -0.25) is 9.20 Å². The quantitative estimate of drug-likeness (QED) is 0.210. The summed E-state index contributed by atoms with van der Waals surface area (Å²) in [7, 11) is 0. The van der Waals surface area contributed by atoms with Gasteiger partial charge in [0.15, 0.2) is 10.7 Å². The zero-order valence-electron chi connectivity index (χ0n) is 20.9. The molecular formula is C29H32F2N4OS. The molecule has 0 amide bonds. The number of hydrogen-bond donors (Lipinski definition) is 1. The van der Waals surface area contributed by atoms with E-state index in [-0.39, 0.29) is 17.6 Å². The number of likely N-dealkylation sites (tertiary alicyclic amines) is 1. The smallest absolute Gasteiger partial charge is 0.195 e. The van der Waals surface area contributed by atoms with Crippen LogP contribution in [0.15, 0.2) is 42.6 Å². The molecule has 2 saturated heterocycles. The molecule has 0 aliphatic carbocycles. The lowest BCUT2D eigenvalue weighted by Gasteiger charge is -2.28. The Kier molecular flexibility index (Phi) is 7.06. The first-order valence-corrected chi connectivity index (χ1v) is 14.2. The van der Waals surface area contributed by atoms with Gasteiger partial charge < -0.3 is 10.2 Å². The van der Waals surface area contributed by atoms with Crippen molar-refractivity contribution in [1.82, 2.24) is 19.6 Å². The van der Waals surface area contributed by atoms with Gasteiger partial charge >= 0.3 is 0 Å². The van der Waals surface area contributed by atoms with Gasteiger partial charge in [0.05, 0.1) is 15.9 Å². The molecule has 0 bridgehead atoms. The number of imidazole rings is 1. The van der Waals surface area contributed by atoms with Crippen LogP contribution in [0.4, 0.5) is 8.78 Å². The van der Waals surface area contributed by atoms with Gasteiger partial charge in [-0.05, 0) is 81.4 Å². The fourth-order valence-electron chi connectivity index (χ4n) is 5.74. The fourth-order valence-corrected chi connectivity index (χ4v) is 6.78.